The van der Waals surface area contributed by atoms with Gasteiger partial charge in [-0.2, -0.15) is 0 Å². The van der Waals surface area contributed by atoms with E-state index in [1.165, 1.54) is 116 Å². The summed E-state index contributed by atoms with van der Waals surface area (Å²) in [5, 5.41) is 18.8. The second-order valence-electron chi connectivity index (χ2n) is 18.5. The van der Waals surface area contributed by atoms with Crippen LogP contribution in [-0.2, 0) is 14.2 Å². The van der Waals surface area contributed by atoms with E-state index in [0.717, 1.165) is 55.0 Å². The molecule has 2 N–H and O–H groups in total. The molecule has 0 aromatic rings. The van der Waals surface area contributed by atoms with Crippen LogP contribution in [0.1, 0.15) is 198 Å². The fourth-order valence-corrected chi connectivity index (χ4v) is 7.34. The van der Waals surface area contributed by atoms with Crippen molar-refractivity contribution in [1.82, 2.24) is 0 Å². The number of aliphatic hydroxyl groups is 2. The number of aliphatic hydroxyl groups excluding tert-OH is 2. The van der Waals surface area contributed by atoms with Crippen LogP contribution in [0.25, 0.3) is 0 Å². The van der Waals surface area contributed by atoms with Crippen molar-refractivity contribution >= 4 is 0 Å². The van der Waals surface area contributed by atoms with Gasteiger partial charge in [0.1, 0.15) is 12.2 Å². The molecule has 0 spiro atoms. The summed E-state index contributed by atoms with van der Waals surface area (Å²) in [6, 6.07) is 0. The highest BCUT2D eigenvalue weighted by Crippen LogP contribution is 2.24. The van der Waals surface area contributed by atoms with Gasteiger partial charge in [0.25, 0.3) is 0 Å². The Morgan fingerprint density at radius 1 is 0.373 bits per heavy atom. The molecule has 0 aromatic carbocycles. The first-order valence-corrected chi connectivity index (χ1v) is 22.4. The minimum atomic E-state index is -0.848. The van der Waals surface area contributed by atoms with Crippen LogP contribution < -0.4 is 0 Å². The number of hydrogen-bond acceptors (Lipinski definition) is 5. The van der Waals surface area contributed by atoms with E-state index in [1.807, 2.05) is 0 Å². The highest BCUT2D eigenvalue weighted by atomic mass is 16.6. The van der Waals surface area contributed by atoms with Gasteiger partial charge in [0.05, 0.1) is 26.4 Å². The van der Waals surface area contributed by atoms with E-state index in [1.54, 1.807) is 0 Å². The Balaban J connectivity index is 4.19. The highest BCUT2D eigenvalue weighted by Gasteiger charge is 2.15. The highest BCUT2D eigenvalue weighted by molar-refractivity contribution is 4.64. The van der Waals surface area contributed by atoms with E-state index in [2.05, 4.69) is 69.2 Å². The first kappa shape index (κ1) is 50.8. The van der Waals surface area contributed by atoms with Gasteiger partial charge in [-0.25, -0.2) is 0 Å². The van der Waals surface area contributed by atoms with Crippen LogP contribution in [-0.4, -0.2) is 62.1 Å². The van der Waals surface area contributed by atoms with Gasteiger partial charge in [0.15, 0.2) is 0 Å². The third kappa shape index (κ3) is 35.3. The van der Waals surface area contributed by atoms with Gasteiger partial charge in [-0.05, 0) is 60.2 Å². The Morgan fingerprint density at radius 3 is 1.04 bits per heavy atom. The topological polar surface area (TPSA) is 68.2 Å². The van der Waals surface area contributed by atoms with Crippen LogP contribution in [0.3, 0.4) is 0 Å². The lowest BCUT2D eigenvalue weighted by Crippen LogP contribution is -2.29. The molecule has 5 heteroatoms. The van der Waals surface area contributed by atoms with Crippen molar-refractivity contribution in [2.45, 2.75) is 210 Å². The van der Waals surface area contributed by atoms with E-state index >= 15 is 0 Å². The van der Waals surface area contributed by atoms with Crippen LogP contribution in [0.5, 0.6) is 0 Å². The van der Waals surface area contributed by atoms with Crippen molar-refractivity contribution in [3.8, 4) is 0 Å². The van der Waals surface area contributed by atoms with Crippen molar-refractivity contribution in [3.05, 3.63) is 0 Å². The fourth-order valence-electron chi connectivity index (χ4n) is 7.34. The predicted molar refractivity (Wildman–Crippen MR) is 221 cm³/mol. The summed E-state index contributed by atoms with van der Waals surface area (Å²) >= 11 is 0. The standard InChI is InChI=1S/C46H94O5/c1-37(2)17-11-19-39(5)21-13-23-41(7)25-15-27-43(9)29-31-49-35-46(36-50-34-45(48)33-47)51-32-30-44(10)28-16-26-42(8)24-14-22-40(6)20-12-18-38(3)4/h37-48H,11-36H2,1-10H3/t39-,40-,41-,42-,43-,44-,45?,46+/m1/s1. The Bertz CT molecular complexity index is 714. The molecule has 0 radical (unpaired) electrons. The van der Waals surface area contributed by atoms with Gasteiger partial charge in [0, 0.05) is 13.2 Å². The maximum absolute atomic E-state index is 9.70. The zero-order valence-electron chi connectivity index (χ0n) is 36.3. The van der Waals surface area contributed by atoms with Crippen molar-refractivity contribution < 1.29 is 24.4 Å². The van der Waals surface area contributed by atoms with Crippen LogP contribution in [0, 0.1) is 47.3 Å². The van der Waals surface area contributed by atoms with Crippen molar-refractivity contribution in [3.63, 3.8) is 0 Å². The van der Waals surface area contributed by atoms with Crippen LogP contribution in [0.2, 0.25) is 0 Å². The minimum absolute atomic E-state index is 0.120. The first-order chi connectivity index (χ1) is 24.3. The van der Waals surface area contributed by atoms with E-state index < -0.39 is 6.10 Å². The molecule has 0 heterocycles. The smallest absolute Gasteiger partial charge is 0.104 e. The molecule has 0 amide bonds. The average Bonchev–Trinajstić information content (AvgIpc) is 3.06. The van der Waals surface area contributed by atoms with Crippen molar-refractivity contribution in [1.29, 1.82) is 0 Å². The molecular weight excluding hydrogens is 633 g/mol. The lowest BCUT2D eigenvalue weighted by Gasteiger charge is -2.21. The van der Waals surface area contributed by atoms with Crippen LogP contribution >= 0.6 is 0 Å². The molecule has 5 nitrogen and oxygen atoms in total. The summed E-state index contributed by atoms with van der Waals surface area (Å²) < 4.78 is 18.0. The molecule has 0 bridgehead atoms. The summed E-state index contributed by atoms with van der Waals surface area (Å²) in [7, 11) is 0. The molecule has 0 rings (SSSR count). The number of ether oxygens (including phenoxy) is 3. The molecule has 0 aliphatic carbocycles. The van der Waals surface area contributed by atoms with Gasteiger partial charge in [-0.1, -0.05) is 185 Å². The molecule has 1 unspecified atom stereocenters. The van der Waals surface area contributed by atoms with Crippen molar-refractivity contribution in [2.75, 3.05) is 39.6 Å². The van der Waals surface area contributed by atoms with Gasteiger partial charge < -0.3 is 24.4 Å². The van der Waals surface area contributed by atoms with E-state index in [9.17, 15) is 5.11 Å². The maximum atomic E-state index is 9.70. The van der Waals surface area contributed by atoms with Crippen LogP contribution in [0.4, 0.5) is 0 Å². The molecule has 0 saturated carbocycles. The quantitative estimate of drug-likeness (QED) is 0.0620. The predicted octanol–water partition coefficient (Wildman–Crippen LogP) is 12.7. The second-order valence-corrected chi connectivity index (χ2v) is 18.5. The van der Waals surface area contributed by atoms with Gasteiger partial charge in [-0.15, -0.1) is 0 Å². The summed E-state index contributed by atoms with van der Waals surface area (Å²) in [5.41, 5.74) is 0. The maximum Gasteiger partial charge on any atom is 0.104 e. The third-order valence-corrected chi connectivity index (χ3v) is 11.4. The summed E-state index contributed by atoms with van der Waals surface area (Å²) in [4.78, 5) is 0. The average molecular weight is 727 g/mol. The van der Waals surface area contributed by atoms with E-state index in [0.29, 0.717) is 31.7 Å². The largest absolute Gasteiger partial charge is 0.394 e. The Hall–Kier alpha value is -0.200. The molecule has 0 aromatic heterocycles. The zero-order chi connectivity index (χ0) is 38.3. The molecule has 0 aliphatic rings. The monoisotopic (exact) mass is 727 g/mol. The van der Waals surface area contributed by atoms with Gasteiger partial charge in [-0.3, -0.25) is 0 Å². The summed E-state index contributed by atoms with van der Waals surface area (Å²) in [5.74, 6) is 6.39. The van der Waals surface area contributed by atoms with Crippen molar-refractivity contribution in [2.24, 2.45) is 47.3 Å². The van der Waals surface area contributed by atoms with Gasteiger partial charge >= 0.3 is 0 Å². The summed E-state index contributed by atoms with van der Waals surface area (Å²) in [6.07, 6.45) is 25.6. The fraction of sp³-hybridized carbons (Fsp3) is 1.00. The molecule has 0 aliphatic heterocycles. The molecule has 0 saturated heterocycles. The number of hydrogen-bond donors (Lipinski definition) is 2. The lowest BCUT2D eigenvalue weighted by atomic mass is 9.91. The first-order valence-electron chi connectivity index (χ1n) is 22.4. The Kier molecular flexibility index (Phi) is 34.2. The lowest BCUT2D eigenvalue weighted by molar-refractivity contribution is -0.0791. The minimum Gasteiger partial charge on any atom is -0.394 e. The number of rotatable bonds is 38. The van der Waals surface area contributed by atoms with Crippen LogP contribution in [0.15, 0.2) is 0 Å². The molecule has 308 valence electrons. The van der Waals surface area contributed by atoms with E-state index in [4.69, 9.17) is 19.3 Å². The molecule has 0 fully saturated rings. The Morgan fingerprint density at radius 2 is 0.686 bits per heavy atom. The normalized spacial score (nSPS) is 17.1. The third-order valence-electron chi connectivity index (χ3n) is 11.4. The Labute approximate surface area is 320 Å². The SMILES string of the molecule is CC(C)CCC[C@@H](C)CCC[C@@H](C)CCC[C@@H](C)CCOC[C@@H](COCC(O)CO)OCC[C@H](C)CCC[C@H](C)CCC[C@H](C)CCCC(C)C. The molecular formula is C46H94O5. The zero-order valence-corrected chi connectivity index (χ0v) is 36.3. The second kappa shape index (κ2) is 34.3. The van der Waals surface area contributed by atoms with Gasteiger partial charge in [0.2, 0.25) is 0 Å². The molecule has 8 atom stereocenters. The summed E-state index contributed by atoms with van der Waals surface area (Å²) in [6.45, 7) is 26.0. The van der Waals surface area contributed by atoms with E-state index in [-0.39, 0.29) is 19.3 Å². The molecule has 51 heavy (non-hydrogen) atoms.